The predicted molar refractivity (Wildman–Crippen MR) is 70.8 cm³/mol. The molecule has 1 fully saturated rings. The Balaban J connectivity index is 1.83. The van der Waals surface area contributed by atoms with Crippen LogP contribution in [0.4, 0.5) is 0 Å². The van der Waals surface area contributed by atoms with Gasteiger partial charge in [0.25, 0.3) is 5.91 Å². The molecule has 0 spiro atoms. The van der Waals surface area contributed by atoms with Crippen LogP contribution in [0.15, 0.2) is 6.20 Å². The van der Waals surface area contributed by atoms with Gasteiger partial charge in [-0.15, -0.1) is 5.10 Å². The molecule has 19 heavy (non-hydrogen) atoms. The summed E-state index contributed by atoms with van der Waals surface area (Å²) in [6.45, 7) is 7.30. The molecule has 1 aromatic rings. The number of aryl methyl sites for hydroxylation is 1. The van der Waals surface area contributed by atoms with Gasteiger partial charge in [0, 0.05) is 6.54 Å². The number of nitrogens with zero attached hydrogens (tertiary/aromatic N) is 3. The second-order valence-electron chi connectivity index (χ2n) is 5.52. The molecule has 1 atom stereocenters. The monoisotopic (exact) mass is 266 g/mol. The van der Waals surface area contributed by atoms with Gasteiger partial charge in [-0.2, -0.15) is 9.90 Å². The van der Waals surface area contributed by atoms with Crippen molar-refractivity contribution in [1.29, 1.82) is 0 Å². The lowest BCUT2D eigenvalue weighted by Gasteiger charge is -2.36. The Morgan fingerprint density at radius 3 is 3.05 bits per heavy atom. The van der Waals surface area contributed by atoms with Crippen molar-refractivity contribution in [3.05, 3.63) is 11.9 Å². The van der Waals surface area contributed by atoms with Crippen molar-refractivity contribution >= 4 is 5.91 Å². The van der Waals surface area contributed by atoms with E-state index in [0.29, 0.717) is 18.8 Å². The standard InChI is InChI=1S/C13H22N4O2/c1-4-17-15-9-11(16-17)12(18)14-8-10-6-5-7-13(2,3)19-10/h9-10H,4-8H2,1-3H3,(H,14,18)/t10-/m1/s1. The van der Waals surface area contributed by atoms with Gasteiger partial charge < -0.3 is 10.1 Å². The fourth-order valence-corrected chi connectivity index (χ4v) is 2.32. The maximum Gasteiger partial charge on any atom is 0.273 e. The van der Waals surface area contributed by atoms with E-state index < -0.39 is 0 Å². The molecule has 0 saturated carbocycles. The number of hydrogen-bond donors (Lipinski definition) is 1. The van der Waals surface area contributed by atoms with Gasteiger partial charge in [-0.25, -0.2) is 0 Å². The summed E-state index contributed by atoms with van der Waals surface area (Å²) in [5, 5.41) is 10.9. The second-order valence-corrected chi connectivity index (χ2v) is 5.52. The van der Waals surface area contributed by atoms with Crippen LogP contribution in [0.5, 0.6) is 0 Å². The maximum absolute atomic E-state index is 11.9. The van der Waals surface area contributed by atoms with Crippen molar-refractivity contribution in [1.82, 2.24) is 20.3 Å². The highest BCUT2D eigenvalue weighted by atomic mass is 16.5. The summed E-state index contributed by atoms with van der Waals surface area (Å²) in [7, 11) is 0. The molecule has 0 aliphatic carbocycles. The van der Waals surface area contributed by atoms with E-state index in [1.165, 1.54) is 11.0 Å². The average Bonchev–Trinajstić information content (AvgIpc) is 2.83. The molecular weight excluding hydrogens is 244 g/mol. The van der Waals surface area contributed by atoms with Crippen LogP contribution in [-0.2, 0) is 11.3 Å². The SMILES string of the molecule is CCn1ncc(C(=O)NC[C@H]2CCCC(C)(C)O2)n1. The van der Waals surface area contributed by atoms with E-state index >= 15 is 0 Å². The number of ether oxygens (including phenoxy) is 1. The first-order chi connectivity index (χ1) is 9.00. The highest BCUT2D eigenvalue weighted by molar-refractivity contribution is 5.91. The third-order valence-electron chi connectivity index (χ3n) is 3.33. The Morgan fingerprint density at radius 1 is 1.63 bits per heavy atom. The molecule has 0 aromatic carbocycles. The molecule has 0 unspecified atom stereocenters. The first-order valence-corrected chi connectivity index (χ1v) is 6.86. The van der Waals surface area contributed by atoms with Crippen LogP contribution < -0.4 is 5.32 Å². The fraction of sp³-hybridized carbons (Fsp3) is 0.769. The largest absolute Gasteiger partial charge is 0.371 e. The molecule has 0 bridgehead atoms. The number of carbonyl (C=O) groups excluding carboxylic acids is 1. The molecule has 0 radical (unpaired) electrons. The lowest BCUT2D eigenvalue weighted by atomic mass is 9.95. The number of rotatable bonds is 4. The van der Waals surface area contributed by atoms with E-state index in [0.717, 1.165) is 19.3 Å². The van der Waals surface area contributed by atoms with E-state index in [4.69, 9.17) is 4.74 Å². The third kappa shape index (κ3) is 3.76. The number of hydrogen-bond acceptors (Lipinski definition) is 4. The number of aromatic nitrogens is 3. The van der Waals surface area contributed by atoms with Gasteiger partial charge in [-0.1, -0.05) is 0 Å². The zero-order valence-corrected chi connectivity index (χ0v) is 11.8. The van der Waals surface area contributed by atoms with E-state index in [1.54, 1.807) is 0 Å². The Morgan fingerprint density at radius 2 is 2.42 bits per heavy atom. The number of nitrogens with one attached hydrogen (secondary N) is 1. The van der Waals surface area contributed by atoms with Gasteiger partial charge in [-0.3, -0.25) is 4.79 Å². The molecule has 106 valence electrons. The van der Waals surface area contributed by atoms with Crippen molar-refractivity contribution in [3.8, 4) is 0 Å². The van der Waals surface area contributed by atoms with Crippen molar-refractivity contribution in [2.45, 2.75) is 58.3 Å². The molecule has 1 aliphatic rings. The summed E-state index contributed by atoms with van der Waals surface area (Å²) in [5.41, 5.74) is 0.274. The number of carbonyl (C=O) groups is 1. The normalized spacial score (nSPS) is 22.2. The van der Waals surface area contributed by atoms with Gasteiger partial charge in [-0.05, 0) is 40.0 Å². The Labute approximate surface area is 113 Å². The highest BCUT2D eigenvalue weighted by Crippen LogP contribution is 2.27. The van der Waals surface area contributed by atoms with Crippen LogP contribution >= 0.6 is 0 Å². The Hall–Kier alpha value is -1.43. The lowest BCUT2D eigenvalue weighted by molar-refractivity contribution is -0.104. The first-order valence-electron chi connectivity index (χ1n) is 6.86. The summed E-state index contributed by atoms with van der Waals surface area (Å²) < 4.78 is 5.93. The van der Waals surface area contributed by atoms with Crippen LogP contribution in [-0.4, -0.2) is 39.2 Å². The van der Waals surface area contributed by atoms with Crippen LogP contribution in [0.2, 0.25) is 0 Å². The molecule has 1 aromatic heterocycles. The van der Waals surface area contributed by atoms with Gasteiger partial charge in [0.15, 0.2) is 5.69 Å². The Bertz CT molecular complexity index is 442. The van der Waals surface area contributed by atoms with Crippen molar-refractivity contribution in [2.75, 3.05) is 6.54 Å². The summed E-state index contributed by atoms with van der Waals surface area (Å²) in [4.78, 5) is 13.4. The Kier molecular flexibility index (Phi) is 4.19. The van der Waals surface area contributed by atoms with Gasteiger partial charge in [0.05, 0.1) is 24.4 Å². The minimum atomic E-state index is -0.188. The maximum atomic E-state index is 11.9. The van der Waals surface area contributed by atoms with Crippen molar-refractivity contribution < 1.29 is 9.53 Å². The molecule has 2 heterocycles. The molecule has 1 amide bonds. The predicted octanol–water partition coefficient (Wildman–Crippen LogP) is 1.38. The van der Waals surface area contributed by atoms with Crippen molar-refractivity contribution in [3.63, 3.8) is 0 Å². The molecule has 6 heteroatoms. The van der Waals surface area contributed by atoms with Gasteiger partial charge >= 0.3 is 0 Å². The third-order valence-corrected chi connectivity index (χ3v) is 3.33. The highest BCUT2D eigenvalue weighted by Gasteiger charge is 2.28. The summed E-state index contributed by atoms with van der Waals surface area (Å²) >= 11 is 0. The average molecular weight is 266 g/mol. The van der Waals surface area contributed by atoms with E-state index in [2.05, 4.69) is 29.4 Å². The van der Waals surface area contributed by atoms with Crippen LogP contribution in [0, 0.1) is 0 Å². The van der Waals surface area contributed by atoms with Crippen LogP contribution in [0.1, 0.15) is 50.5 Å². The van der Waals surface area contributed by atoms with Gasteiger partial charge in [0.1, 0.15) is 0 Å². The molecule has 6 nitrogen and oxygen atoms in total. The topological polar surface area (TPSA) is 69.0 Å². The number of amides is 1. The molecule has 2 rings (SSSR count). The molecular formula is C13H22N4O2. The molecule has 1 N–H and O–H groups in total. The van der Waals surface area contributed by atoms with Crippen molar-refractivity contribution in [2.24, 2.45) is 0 Å². The van der Waals surface area contributed by atoms with Crippen LogP contribution in [0.25, 0.3) is 0 Å². The molecule has 1 saturated heterocycles. The summed E-state index contributed by atoms with van der Waals surface area (Å²) in [6, 6.07) is 0. The smallest absolute Gasteiger partial charge is 0.273 e. The quantitative estimate of drug-likeness (QED) is 0.893. The fourth-order valence-electron chi connectivity index (χ4n) is 2.32. The second kappa shape index (κ2) is 5.69. The van der Waals surface area contributed by atoms with E-state index in [-0.39, 0.29) is 17.6 Å². The summed E-state index contributed by atoms with van der Waals surface area (Å²) in [6.07, 6.45) is 4.78. The first kappa shape index (κ1) is 14.0. The minimum Gasteiger partial charge on any atom is -0.371 e. The van der Waals surface area contributed by atoms with Gasteiger partial charge in [0.2, 0.25) is 0 Å². The summed E-state index contributed by atoms with van der Waals surface area (Å²) in [5.74, 6) is -0.188. The lowest BCUT2D eigenvalue weighted by Crippen LogP contribution is -2.42. The van der Waals surface area contributed by atoms with E-state index in [1.807, 2.05) is 6.92 Å². The molecule has 1 aliphatic heterocycles. The van der Waals surface area contributed by atoms with E-state index in [9.17, 15) is 4.79 Å². The zero-order chi connectivity index (χ0) is 13.9. The minimum absolute atomic E-state index is 0.0843. The zero-order valence-electron chi connectivity index (χ0n) is 11.8. The van der Waals surface area contributed by atoms with Crippen LogP contribution in [0.3, 0.4) is 0 Å².